The van der Waals surface area contributed by atoms with Gasteiger partial charge in [-0.25, -0.2) is 0 Å². The van der Waals surface area contributed by atoms with Crippen LogP contribution in [0.3, 0.4) is 0 Å². The Hall–Kier alpha value is -0.870. The standard InChI is InChI=1S/C13H16BrNO2/c1-9-7-10-3-4-15(5-6-17-2)13(16)11(10)8-12(9)14/h7-8H,3-6H2,1-2H3. The molecule has 1 aliphatic rings. The molecule has 0 aromatic heterocycles. The second kappa shape index (κ2) is 5.19. The van der Waals surface area contributed by atoms with Gasteiger partial charge in [0.25, 0.3) is 5.91 Å². The molecule has 2 rings (SSSR count). The number of halogens is 1. The van der Waals surface area contributed by atoms with Crippen LogP contribution in [-0.2, 0) is 11.2 Å². The van der Waals surface area contributed by atoms with E-state index in [0.29, 0.717) is 13.2 Å². The maximum Gasteiger partial charge on any atom is 0.254 e. The third-order valence-corrected chi connectivity index (χ3v) is 3.97. The van der Waals surface area contributed by atoms with Crippen molar-refractivity contribution < 1.29 is 9.53 Å². The zero-order chi connectivity index (χ0) is 12.4. The number of nitrogens with zero attached hydrogens (tertiary/aromatic N) is 1. The molecule has 17 heavy (non-hydrogen) atoms. The minimum absolute atomic E-state index is 0.115. The van der Waals surface area contributed by atoms with Crippen molar-refractivity contribution in [1.82, 2.24) is 4.90 Å². The van der Waals surface area contributed by atoms with E-state index < -0.39 is 0 Å². The lowest BCUT2D eigenvalue weighted by molar-refractivity contribution is 0.0679. The van der Waals surface area contributed by atoms with Gasteiger partial charge in [0.2, 0.25) is 0 Å². The minimum atomic E-state index is 0.115. The van der Waals surface area contributed by atoms with E-state index in [1.54, 1.807) is 7.11 Å². The molecule has 0 unspecified atom stereocenters. The topological polar surface area (TPSA) is 29.5 Å². The van der Waals surface area contributed by atoms with Gasteiger partial charge >= 0.3 is 0 Å². The Balaban J connectivity index is 2.26. The van der Waals surface area contributed by atoms with Crippen LogP contribution in [0.5, 0.6) is 0 Å². The van der Waals surface area contributed by atoms with E-state index in [2.05, 4.69) is 22.0 Å². The van der Waals surface area contributed by atoms with Crippen LogP contribution in [-0.4, -0.2) is 37.6 Å². The number of hydrogen-bond acceptors (Lipinski definition) is 2. The SMILES string of the molecule is COCCN1CCc2cc(C)c(Br)cc2C1=O. The van der Waals surface area contributed by atoms with Gasteiger partial charge in [-0.05, 0) is 30.5 Å². The number of amides is 1. The molecule has 4 heteroatoms. The molecule has 0 bridgehead atoms. The number of hydrogen-bond donors (Lipinski definition) is 0. The van der Waals surface area contributed by atoms with Crippen LogP contribution in [0, 0.1) is 6.92 Å². The predicted octanol–water partition coefficient (Wildman–Crippen LogP) is 2.40. The molecule has 0 saturated carbocycles. The van der Waals surface area contributed by atoms with Crippen LogP contribution < -0.4 is 0 Å². The summed E-state index contributed by atoms with van der Waals surface area (Å²) in [7, 11) is 1.66. The van der Waals surface area contributed by atoms with Crippen molar-refractivity contribution in [2.75, 3.05) is 26.8 Å². The Bertz CT molecular complexity index is 445. The Kier molecular flexibility index (Phi) is 3.84. The highest BCUT2D eigenvalue weighted by atomic mass is 79.9. The molecule has 1 aromatic rings. The molecule has 0 saturated heterocycles. The number of benzene rings is 1. The van der Waals surface area contributed by atoms with Crippen molar-refractivity contribution in [1.29, 1.82) is 0 Å². The number of carbonyl (C=O) groups excluding carboxylic acids is 1. The van der Waals surface area contributed by atoms with Crippen molar-refractivity contribution >= 4 is 21.8 Å². The van der Waals surface area contributed by atoms with E-state index in [1.807, 2.05) is 17.9 Å². The molecule has 0 aliphatic carbocycles. The van der Waals surface area contributed by atoms with Gasteiger partial charge in [-0.2, -0.15) is 0 Å². The van der Waals surface area contributed by atoms with Crippen molar-refractivity contribution in [2.45, 2.75) is 13.3 Å². The molecule has 0 radical (unpaired) electrons. The van der Waals surface area contributed by atoms with Gasteiger partial charge in [-0.15, -0.1) is 0 Å². The third-order valence-electron chi connectivity index (χ3n) is 3.12. The van der Waals surface area contributed by atoms with Gasteiger partial charge in [0, 0.05) is 30.2 Å². The van der Waals surface area contributed by atoms with Gasteiger partial charge < -0.3 is 9.64 Å². The summed E-state index contributed by atoms with van der Waals surface area (Å²) in [6.45, 7) is 4.09. The van der Waals surface area contributed by atoms with Crippen molar-refractivity contribution in [2.24, 2.45) is 0 Å². The molecule has 0 atom stereocenters. The van der Waals surface area contributed by atoms with Gasteiger partial charge in [-0.1, -0.05) is 22.0 Å². The predicted molar refractivity (Wildman–Crippen MR) is 70.4 cm³/mol. The van der Waals surface area contributed by atoms with Crippen LogP contribution in [0.25, 0.3) is 0 Å². The fraction of sp³-hybridized carbons (Fsp3) is 0.462. The van der Waals surface area contributed by atoms with E-state index in [1.165, 1.54) is 5.56 Å². The number of aryl methyl sites for hydroxylation is 1. The number of fused-ring (bicyclic) bond motifs is 1. The second-order valence-corrected chi connectivity index (χ2v) is 5.15. The summed E-state index contributed by atoms with van der Waals surface area (Å²) in [5.74, 6) is 0.115. The maximum atomic E-state index is 12.2. The first-order valence-corrected chi connectivity index (χ1v) is 6.50. The zero-order valence-electron chi connectivity index (χ0n) is 10.1. The molecule has 92 valence electrons. The van der Waals surface area contributed by atoms with Crippen LogP contribution in [0.15, 0.2) is 16.6 Å². The normalized spacial score (nSPS) is 15.0. The first-order valence-electron chi connectivity index (χ1n) is 5.70. The highest BCUT2D eigenvalue weighted by molar-refractivity contribution is 9.10. The first kappa shape index (κ1) is 12.6. The van der Waals surface area contributed by atoms with E-state index in [0.717, 1.165) is 28.6 Å². The van der Waals surface area contributed by atoms with Crippen LogP contribution in [0.4, 0.5) is 0 Å². The largest absolute Gasteiger partial charge is 0.383 e. The lowest BCUT2D eigenvalue weighted by atomic mass is 9.97. The van der Waals surface area contributed by atoms with Crippen molar-refractivity contribution in [3.8, 4) is 0 Å². The molecule has 0 N–H and O–H groups in total. The maximum absolute atomic E-state index is 12.2. The lowest BCUT2D eigenvalue weighted by Crippen LogP contribution is -2.39. The highest BCUT2D eigenvalue weighted by Gasteiger charge is 2.24. The lowest BCUT2D eigenvalue weighted by Gasteiger charge is -2.28. The molecule has 1 heterocycles. The number of rotatable bonds is 3. The number of carbonyl (C=O) groups is 1. The zero-order valence-corrected chi connectivity index (χ0v) is 11.7. The Morgan fingerprint density at radius 2 is 2.24 bits per heavy atom. The summed E-state index contributed by atoms with van der Waals surface area (Å²) in [6.07, 6.45) is 0.929. The second-order valence-electron chi connectivity index (χ2n) is 4.29. The van der Waals surface area contributed by atoms with Gasteiger partial charge in [0.05, 0.1) is 6.61 Å². The van der Waals surface area contributed by atoms with Gasteiger partial charge in [0.15, 0.2) is 0 Å². The molecule has 0 spiro atoms. The van der Waals surface area contributed by atoms with Crippen LogP contribution in [0.2, 0.25) is 0 Å². The van der Waals surface area contributed by atoms with Crippen molar-refractivity contribution in [3.63, 3.8) is 0 Å². The monoisotopic (exact) mass is 297 g/mol. The Morgan fingerprint density at radius 3 is 2.94 bits per heavy atom. The molecular formula is C13H16BrNO2. The minimum Gasteiger partial charge on any atom is -0.383 e. The Morgan fingerprint density at radius 1 is 1.47 bits per heavy atom. The van der Waals surface area contributed by atoms with E-state index >= 15 is 0 Å². The van der Waals surface area contributed by atoms with Crippen LogP contribution in [0.1, 0.15) is 21.5 Å². The summed E-state index contributed by atoms with van der Waals surface area (Å²) in [6, 6.07) is 4.04. The molecule has 0 fully saturated rings. The summed E-state index contributed by atoms with van der Waals surface area (Å²) in [5.41, 5.74) is 3.16. The smallest absolute Gasteiger partial charge is 0.254 e. The van der Waals surface area contributed by atoms with Gasteiger partial charge in [-0.3, -0.25) is 4.79 Å². The number of ether oxygens (including phenoxy) is 1. The third kappa shape index (κ3) is 2.53. The number of methoxy groups -OCH3 is 1. The summed E-state index contributed by atoms with van der Waals surface area (Å²) in [5, 5.41) is 0. The first-order chi connectivity index (χ1) is 8.13. The average molecular weight is 298 g/mol. The highest BCUT2D eigenvalue weighted by Crippen LogP contribution is 2.26. The van der Waals surface area contributed by atoms with E-state index in [4.69, 9.17) is 4.74 Å². The fourth-order valence-electron chi connectivity index (χ4n) is 2.09. The molecule has 1 aromatic carbocycles. The van der Waals surface area contributed by atoms with Crippen LogP contribution >= 0.6 is 15.9 Å². The van der Waals surface area contributed by atoms with Gasteiger partial charge in [0.1, 0.15) is 0 Å². The van der Waals surface area contributed by atoms with Crippen molar-refractivity contribution in [3.05, 3.63) is 33.3 Å². The summed E-state index contributed by atoms with van der Waals surface area (Å²) in [4.78, 5) is 14.1. The summed E-state index contributed by atoms with van der Waals surface area (Å²) >= 11 is 3.48. The molecule has 3 nitrogen and oxygen atoms in total. The molecular weight excluding hydrogens is 282 g/mol. The quantitative estimate of drug-likeness (QED) is 0.857. The summed E-state index contributed by atoms with van der Waals surface area (Å²) < 4.78 is 6.02. The average Bonchev–Trinajstić information content (AvgIpc) is 2.31. The van der Waals surface area contributed by atoms with E-state index in [9.17, 15) is 4.79 Å². The molecule has 1 aliphatic heterocycles. The van der Waals surface area contributed by atoms with E-state index in [-0.39, 0.29) is 5.91 Å². The fourth-order valence-corrected chi connectivity index (χ4v) is 2.43. The molecule has 1 amide bonds. The Labute approximate surface area is 110 Å².